The molecular weight excluding hydrogens is 468 g/mol. The third kappa shape index (κ3) is 5.60. The van der Waals surface area contributed by atoms with Gasteiger partial charge in [0.05, 0.1) is 22.6 Å². The number of fused-ring (bicyclic) bond motifs is 1. The van der Waals surface area contributed by atoms with Crippen LogP contribution in [0.4, 0.5) is 5.00 Å². The van der Waals surface area contributed by atoms with E-state index in [-0.39, 0.29) is 17.1 Å². The van der Waals surface area contributed by atoms with Crippen LogP contribution in [0, 0.1) is 0 Å². The molecule has 2 aromatic rings. The van der Waals surface area contributed by atoms with Crippen molar-refractivity contribution in [1.29, 1.82) is 0 Å². The van der Waals surface area contributed by atoms with Crippen LogP contribution >= 0.6 is 11.3 Å². The quantitative estimate of drug-likeness (QED) is 0.561. The zero-order valence-electron chi connectivity index (χ0n) is 18.7. The summed E-state index contributed by atoms with van der Waals surface area (Å²) in [5.41, 5.74) is 1.41. The number of rotatable bonds is 8. The summed E-state index contributed by atoms with van der Waals surface area (Å²) in [5.74, 6) is -1.83. The Balaban J connectivity index is 1.65. The second-order valence-corrected chi connectivity index (χ2v) is 10.8. The van der Waals surface area contributed by atoms with Crippen molar-refractivity contribution >= 4 is 44.2 Å². The maximum absolute atomic E-state index is 12.5. The smallest absolute Gasteiger partial charge is 0.341 e. The second-order valence-electron chi connectivity index (χ2n) is 7.57. The summed E-state index contributed by atoms with van der Waals surface area (Å²) in [6, 6.07) is 5.24. The van der Waals surface area contributed by atoms with Gasteiger partial charge in [-0.15, -0.1) is 11.3 Å². The molecule has 1 heterocycles. The van der Waals surface area contributed by atoms with Crippen LogP contribution in [-0.2, 0) is 37.1 Å². The minimum absolute atomic E-state index is 0.0370. The Morgan fingerprint density at radius 3 is 2.33 bits per heavy atom. The molecule has 1 N–H and O–H groups in total. The van der Waals surface area contributed by atoms with E-state index in [0.29, 0.717) is 10.6 Å². The number of hydrogen-bond donors (Lipinski definition) is 1. The molecule has 0 atom stereocenters. The van der Waals surface area contributed by atoms with Gasteiger partial charge in [0.15, 0.2) is 6.61 Å². The normalized spacial score (nSPS) is 13.3. The number of ether oxygens (including phenoxy) is 2. The minimum Gasteiger partial charge on any atom is -0.462 e. The summed E-state index contributed by atoms with van der Waals surface area (Å²) < 4.78 is 35.5. The Morgan fingerprint density at radius 1 is 1.03 bits per heavy atom. The lowest BCUT2D eigenvalue weighted by molar-refractivity contribution is -0.119. The first kappa shape index (κ1) is 24.9. The van der Waals surface area contributed by atoms with E-state index in [1.54, 1.807) is 6.92 Å². The number of anilines is 1. The van der Waals surface area contributed by atoms with Crippen LogP contribution in [0.15, 0.2) is 29.2 Å². The monoisotopic (exact) mass is 494 g/mol. The lowest BCUT2D eigenvalue weighted by atomic mass is 9.95. The maximum Gasteiger partial charge on any atom is 0.341 e. The molecule has 11 heteroatoms. The third-order valence-electron chi connectivity index (χ3n) is 5.11. The molecule has 0 saturated carbocycles. The summed E-state index contributed by atoms with van der Waals surface area (Å²) in [5, 5.41) is 3.07. The van der Waals surface area contributed by atoms with Crippen molar-refractivity contribution in [2.75, 3.05) is 32.6 Å². The van der Waals surface area contributed by atoms with Crippen LogP contribution < -0.4 is 5.32 Å². The summed E-state index contributed by atoms with van der Waals surface area (Å²) in [6.07, 6.45) is 3.59. The Hall–Kier alpha value is -2.76. The Labute approximate surface area is 196 Å². The first-order valence-electron chi connectivity index (χ1n) is 10.5. The fourth-order valence-corrected chi connectivity index (χ4v) is 5.62. The maximum atomic E-state index is 12.5. The first-order valence-corrected chi connectivity index (χ1v) is 12.7. The van der Waals surface area contributed by atoms with Gasteiger partial charge in [0, 0.05) is 19.0 Å². The van der Waals surface area contributed by atoms with Crippen molar-refractivity contribution in [3.05, 3.63) is 45.8 Å². The van der Waals surface area contributed by atoms with Gasteiger partial charge in [-0.2, -0.15) is 0 Å². The van der Waals surface area contributed by atoms with Crippen LogP contribution in [-0.4, -0.2) is 57.9 Å². The molecule has 3 rings (SSSR count). The number of nitrogens with zero attached hydrogens (tertiary/aromatic N) is 1. The highest BCUT2D eigenvalue weighted by Crippen LogP contribution is 2.38. The average Bonchev–Trinajstić information content (AvgIpc) is 3.15. The van der Waals surface area contributed by atoms with Gasteiger partial charge < -0.3 is 14.8 Å². The fourth-order valence-electron chi connectivity index (χ4n) is 3.42. The van der Waals surface area contributed by atoms with E-state index in [1.165, 1.54) is 49.7 Å². The lowest BCUT2D eigenvalue weighted by Crippen LogP contribution is -2.23. The van der Waals surface area contributed by atoms with Crippen molar-refractivity contribution in [3.8, 4) is 0 Å². The van der Waals surface area contributed by atoms with Crippen molar-refractivity contribution in [3.63, 3.8) is 0 Å². The third-order valence-corrected chi connectivity index (χ3v) is 8.14. The number of sulfonamides is 1. The number of carbonyl (C=O) groups is 3. The summed E-state index contributed by atoms with van der Waals surface area (Å²) in [7, 11) is -0.796. The molecule has 9 nitrogen and oxygen atoms in total. The number of hydrogen-bond acceptors (Lipinski definition) is 8. The molecule has 0 unspecified atom stereocenters. The van der Waals surface area contributed by atoms with E-state index in [4.69, 9.17) is 9.47 Å². The zero-order valence-corrected chi connectivity index (χ0v) is 20.3. The van der Waals surface area contributed by atoms with Crippen molar-refractivity contribution in [2.45, 2.75) is 37.5 Å². The SMILES string of the molecule is CCOC(=O)c1c(NC(=O)COC(=O)c2ccc(S(=O)(=O)N(C)C)cc2)sc2c1CCCC2. The van der Waals surface area contributed by atoms with Gasteiger partial charge in [-0.25, -0.2) is 22.3 Å². The standard InChI is InChI=1S/C22H26N2O7S2/c1-4-30-22(27)19-16-7-5-6-8-17(16)32-20(19)23-18(25)13-31-21(26)14-9-11-15(12-10-14)33(28,29)24(2)3/h9-12H,4-8,13H2,1-3H3,(H,23,25). The number of thiophene rings is 1. The largest absolute Gasteiger partial charge is 0.462 e. The number of amides is 1. The van der Waals surface area contributed by atoms with Crippen LogP contribution in [0.1, 0.15) is 50.9 Å². The highest BCUT2D eigenvalue weighted by Gasteiger charge is 2.27. The molecule has 0 fully saturated rings. The average molecular weight is 495 g/mol. The predicted molar refractivity (Wildman–Crippen MR) is 123 cm³/mol. The highest BCUT2D eigenvalue weighted by atomic mass is 32.2. The molecule has 0 saturated heterocycles. The highest BCUT2D eigenvalue weighted by molar-refractivity contribution is 7.89. The summed E-state index contributed by atoms with van der Waals surface area (Å²) in [6.45, 7) is 1.39. The van der Waals surface area contributed by atoms with E-state index in [2.05, 4.69) is 5.32 Å². The molecule has 0 aliphatic heterocycles. The topological polar surface area (TPSA) is 119 Å². The zero-order chi connectivity index (χ0) is 24.2. The first-order chi connectivity index (χ1) is 15.6. The van der Waals surface area contributed by atoms with Crippen LogP contribution in [0.2, 0.25) is 0 Å². The fraction of sp³-hybridized carbons (Fsp3) is 0.409. The molecule has 0 spiro atoms. The molecular formula is C22H26N2O7S2. The molecule has 1 aliphatic carbocycles. The summed E-state index contributed by atoms with van der Waals surface area (Å²) >= 11 is 1.35. The van der Waals surface area contributed by atoms with Gasteiger partial charge in [0.25, 0.3) is 5.91 Å². The van der Waals surface area contributed by atoms with E-state index < -0.39 is 34.5 Å². The van der Waals surface area contributed by atoms with E-state index in [0.717, 1.165) is 40.4 Å². The molecule has 33 heavy (non-hydrogen) atoms. The van der Waals surface area contributed by atoms with Crippen LogP contribution in [0.25, 0.3) is 0 Å². The second kappa shape index (κ2) is 10.4. The van der Waals surface area contributed by atoms with Gasteiger partial charge >= 0.3 is 11.9 Å². The molecule has 178 valence electrons. The van der Waals surface area contributed by atoms with Crippen molar-refractivity contribution in [1.82, 2.24) is 4.31 Å². The van der Waals surface area contributed by atoms with E-state index in [9.17, 15) is 22.8 Å². The molecule has 1 aromatic carbocycles. The van der Waals surface area contributed by atoms with Gasteiger partial charge in [0.2, 0.25) is 10.0 Å². The molecule has 1 amide bonds. The number of aryl methyl sites for hydroxylation is 1. The Morgan fingerprint density at radius 2 is 1.70 bits per heavy atom. The van der Waals surface area contributed by atoms with Gasteiger partial charge in [-0.1, -0.05) is 0 Å². The lowest BCUT2D eigenvalue weighted by Gasteiger charge is -2.12. The predicted octanol–water partition coefficient (Wildman–Crippen LogP) is 2.85. The molecule has 1 aliphatic rings. The molecule has 0 radical (unpaired) electrons. The molecule has 1 aromatic heterocycles. The number of carbonyl (C=O) groups excluding carboxylic acids is 3. The number of benzene rings is 1. The Bertz CT molecular complexity index is 1150. The Kier molecular flexibility index (Phi) is 7.88. The number of nitrogens with one attached hydrogen (secondary N) is 1. The van der Waals surface area contributed by atoms with Gasteiger partial charge in [-0.05, 0) is 62.4 Å². The van der Waals surface area contributed by atoms with E-state index >= 15 is 0 Å². The summed E-state index contributed by atoms with van der Waals surface area (Å²) in [4.78, 5) is 38.3. The van der Waals surface area contributed by atoms with Gasteiger partial charge in [0.1, 0.15) is 5.00 Å². The minimum atomic E-state index is -3.62. The number of esters is 2. The van der Waals surface area contributed by atoms with Crippen molar-refractivity contribution in [2.24, 2.45) is 0 Å². The van der Waals surface area contributed by atoms with E-state index in [1.807, 2.05) is 0 Å². The van der Waals surface area contributed by atoms with Gasteiger partial charge in [-0.3, -0.25) is 4.79 Å². The van der Waals surface area contributed by atoms with Crippen LogP contribution in [0.5, 0.6) is 0 Å². The molecule has 0 bridgehead atoms. The van der Waals surface area contributed by atoms with Crippen molar-refractivity contribution < 1.29 is 32.3 Å². The van der Waals surface area contributed by atoms with Crippen LogP contribution in [0.3, 0.4) is 0 Å².